The first kappa shape index (κ1) is 15.9. The summed E-state index contributed by atoms with van der Waals surface area (Å²) < 4.78 is 65.2. The van der Waals surface area contributed by atoms with Crippen LogP contribution in [0.3, 0.4) is 0 Å². The monoisotopic (exact) mass is 323 g/mol. The Morgan fingerprint density at radius 2 is 2.00 bits per heavy atom. The van der Waals surface area contributed by atoms with Crippen molar-refractivity contribution in [2.75, 3.05) is 0 Å². The topological polar surface area (TPSA) is 39.2 Å². The van der Waals surface area contributed by atoms with Crippen LogP contribution in [0.5, 0.6) is 5.88 Å². The van der Waals surface area contributed by atoms with Crippen molar-refractivity contribution >= 4 is 28.4 Å². The predicted octanol–water partition coefficient (Wildman–Crippen LogP) is 4.04. The summed E-state index contributed by atoms with van der Waals surface area (Å²) in [6.45, 7) is 0. The minimum Gasteiger partial charge on any atom is -0.387 e. The van der Waals surface area contributed by atoms with E-state index in [1.807, 2.05) is 0 Å². The van der Waals surface area contributed by atoms with E-state index in [1.165, 1.54) is 0 Å². The van der Waals surface area contributed by atoms with Gasteiger partial charge in [0.25, 0.3) is 11.7 Å². The first-order chi connectivity index (χ1) is 8.65. The summed E-state index contributed by atoms with van der Waals surface area (Å²) in [5.41, 5.74) is -2.47. The van der Waals surface area contributed by atoms with Crippen LogP contribution >= 0.6 is 23.2 Å². The van der Waals surface area contributed by atoms with Crippen molar-refractivity contribution in [3.05, 3.63) is 22.9 Å². The second-order valence-electron chi connectivity index (χ2n) is 3.14. The predicted molar refractivity (Wildman–Crippen MR) is 55.6 cm³/mol. The fourth-order valence-corrected chi connectivity index (χ4v) is 1.54. The molecule has 0 aliphatic rings. The third kappa shape index (κ3) is 4.17. The zero-order valence-corrected chi connectivity index (χ0v) is 10.3. The summed E-state index contributed by atoms with van der Waals surface area (Å²) in [6.07, 6.45) is -8.45. The van der Waals surface area contributed by atoms with Crippen LogP contribution in [0.2, 0.25) is 0 Å². The number of nitrogens with zero attached hydrogens (tertiary/aromatic N) is 1. The molecule has 19 heavy (non-hydrogen) atoms. The van der Waals surface area contributed by atoms with E-state index in [9.17, 15) is 26.7 Å². The van der Waals surface area contributed by atoms with Crippen LogP contribution in [0.1, 0.15) is 28.0 Å². The number of pyridine rings is 1. The van der Waals surface area contributed by atoms with Crippen LogP contribution in [0.4, 0.5) is 22.0 Å². The molecule has 106 valence electrons. The smallest absolute Gasteiger partial charge is 0.387 e. The molecule has 0 fully saturated rings. The van der Waals surface area contributed by atoms with Gasteiger partial charge < -0.3 is 4.74 Å². The Bertz CT molecular complexity index is 492. The largest absolute Gasteiger partial charge is 0.574 e. The van der Waals surface area contributed by atoms with Gasteiger partial charge in [0.2, 0.25) is 5.88 Å². The minimum atomic E-state index is -5.21. The Morgan fingerprint density at radius 1 is 1.42 bits per heavy atom. The number of halogens is 7. The molecule has 0 saturated heterocycles. The lowest BCUT2D eigenvalue weighted by Gasteiger charge is -2.14. The van der Waals surface area contributed by atoms with Gasteiger partial charge in [0.1, 0.15) is 5.56 Å². The van der Waals surface area contributed by atoms with Crippen LogP contribution in [0.25, 0.3) is 0 Å². The van der Waals surface area contributed by atoms with Gasteiger partial charge >= 0.3 is 6.36 Å². The fourth-order valence-electron chi connectivity index (χ4n) is 1.22. The highest BCUT2D eigenvalue weighted by Gasteiger charge is 2.35. The molecule has 1 aromatic heterocycles. The molecule has 0 bridgehead atoms. The molecule has 0 radical (unpaired) electrons. The Kier molecular flexibility index (Phi) is 4.92. The SMILES string of the molecule is O=C(Cl)c1c(C(F)F)cc(CCl)nc1OC(F)(F)F. The van der Waals surface area contributed by atoms with E-state index >= 15 is 0 Å². The number of alkyl halides is 6. The molecule has 0 spiro atoms. The maximum atomic E-state index is 12.7. The summed E-state index contributed by atoms with van der Waals surface area (Å²) in [7, 11) is 0. The zero-order chi connectivity index (χ0) is 14.8. The van der Waals surface area contributed by atoms with Gasteiger partial charge in [-0.1, -0.05) is 0 Å². The van der Waals surface area contributed by atoms with E-state index in [4.69, 9.17) is 23.2 Å². The highest BCUT2D eigenvalue weighted by Crippen LogP contribution is 2.33. The van der Waals surface area contributed by atoms with Crippen LogP contribution in [-0.4, -0.2) is 16.6 Å². The summed E-state index contributed by atoms with van der Waals surface area (Å²) in [5.74, 6) is -1.79. The Labute approximate surface area is 113 Å². The average Bonchev–Trinajstić information content (AvgIpc) is 2.24. The molecular formula is C9H4Cl2F5NO2. The zero-order valence-electron chi connectivity index (χ0n) is 8.77. The summed E-state index contributed by atoms with van der Waals surface area (Å²) >= 11 is 10.3. The molecule has 0 aromatic carbocycles. The van der Waals surface area contributed by atoms with Gasteiger partial charge in [0.05, 0.1) is 11.6 Å². The van der Waals surface area contributed by atoms with Gasteiger partial charge in [-0.25, -0.2) is 13.8 Å². The van der Waals surface area contributed by atoms with Crippen molar-refractivity contribution in [1.29, 1.82) is 0 Å². The molecule has 10 heteroatoms. The molecule has 1 aromatic rings. The maximum Gasteiger partial charge on any atom is 0.574 e. The molecule has 3 nitrogen and oxygen atoms in total. The molecule has 1 heterocycles. The van der Waals surface area contributed by atoms with Gasteiger partial charge in [-0.2, -0.15) is 0 Å². The van der Waals surface area contributed by atoms with E-state index in [0.29, 0.717) is 6.07 Å². The average molecular weight is 324 g/mol. The number of carbonyl (C=O) groups excluding carboxylic acids is 1. The van der Waals surface area contributed by atoms with Gasteiger partial charge in [0, 0.05) is 5.56 Å². The van der Waals surface area contributed by atoms with Crippen LogP contribution in [-0.2, 0) is 5.88 Å². The second-order valence-corrected chi connectivity index (χ2v) is 3.75. The summed E-state index contributed by atoms with van der Waals surface area (Å²) in [4.78, 5) is 14.2. The molecule has 0 unspecified atom stereocenters. The molecule has 0 aliphatic heterocycles. The van der Waals surface area contributed by atoms with Crippen molar-refractivity contribution in [2.24, 2.45) is 0 Å². The third-order valence-corrected chi connectivity index (χ3v) is 2.31. The molecular weight excluding hydrogens is 320 g/mol. The van der Waals surface area contributed by atoms with Gasteiger partial charge in [-0.05, 0) is 17.7 Å². The maximum absolute atomic E-state index is 12.7. The molecule has 0 aliphatic carbocycles. The van der Waals surface area contributed by atoms with Crippen molar-refractivity contribution in [1.82, 2.24) is 4.98 Å². The molecule has 0 atom stereocenters. The fraction of sp³-hybridized carbons (Fsp3) is 0.333. The standard InChI is InChI=1S/C9H4Cl2F5NO2/c10-2-3-1-4(7(12)13)5(6(11)18)8(17-3)19-9(14,15)16/h1,7H,2H2. The van der Waals surface area contributed by atoms with Gasteiger partial charge in [-0.3, -0.25) is 4.79 Å². The van der Waals surface area contributed by atoms with Gasteiger partial charge in [-0.15, -0.1) is 24.8 Å². The van der Waals surface area contributed by atoms with E-state index in [1.54, 1.807) is 0 Å². The van der Waals surface area contributed by atoms with E-state index in [2.05, 4.69) is 9.72 Å². The molecule has 0 saturated carbocycles. The number of ether oxygens (including phenoxy) is 1. The first-order valence-electron chi connectivity index (χ1n) is 4.49. The Hall–Kier alpha value is -1.15. The van der Waals surface area contributed by atoms with Crippen molar-refractivity contribution in [3.63, 3.8) is 0 Å². The lowest BCUT2D eigenvalue weighted by molar-refractivity contribution is -0.276. The van der Waals surface area contributed by atoms with Crippen LogP contribution < -0.4 is 4.74 Å². The molecule has 1 rings (SSSR count). The third-order valence-electron chi connectivity index (χ3n) is 1.85. The number of rotatable bonds is 4. The van der Waals surface area contributed by atoms with E-state index in [0.717, 1.165) is 0 Å². The summed E-state index contributed by atoms with van der Waals surface area (Å²) in [5, 5.41) is -1.54. The van der Waals surface area contributed by atoms with Crippen molar-refractivity contribution in [2.45, 2.75) is 18.7 Å². The van der Waals surface area contributed by atoms with E-state index in [-0.39, 0.29) is 5.69 Å². The number of aromatic nitrogens is 1. The highest BCUT2D eigenvalue weighted by molar-refractivity contribution is 6.68. The quantitative estimate of drug-likeness (QED) is 0.477. The lowest BCUT2D eigenvalue weighted by atomic mass is 10.1. The van der Waals surface area contributed by atoms with Crippen molar-refractivity contribution in [3.8, 4) is 5.88 Å². The summed E-state index contributed by atoms with van der Waals surface area (Å²) in [6, 6.07) is 0.691. The Morgan fingerprint density at radius 3 is 2.37 bits per heavy atom. The van der Waals surface area contributed by atoms with E-state index < -0.39 is 40.9 Å². The number of hydrogen-bond donors (Lipinski definition) is 0. The van der Waals surface area contributed by atoms with Gasteiger partial charge in [0.15, 0.2) is 0 Å². The number of hydrogen-bond acceptors (Lipinski definition) is 3. The van der Waals surface area contributed by atoms with Crippen molar-refractivity contribution < 1.29 is 31.5 Å². The number of carbonyl (C=O) groups is 1. The van der Waals surface area contributed by atoms with Crippen LogP contribution in [0, 0.1) is 0 Å². The normalized spacial score (nSPS) is 11.8. The Balaban J connectivity index is 3.48. The molecule has 0 N–H and O–H groups in total. The minimum absolute atomic E-state index is 0.308. The second kappa shape index (κ2) is 5.87. The molecule has 0 amide bonds. The van der Waals surface area contributed by atoms with Crippen LogP contribution in [0.15, 0.2) is 6.07 Å². The first-order valence-corrected chi connectivity index (χ1v) is 5.40. The highest BCUT2D eigenvalue weighted by atomic mass is 35.5. The lowest BCUT2D eigenvalue weighted by Crippen LogP contribution is -2.20.